The number of aromatic carboxylic acids is 1. The lowest BCUT2D eigenvalue weighted by atomic mass is 10.1. The summed E-state index contributed by atoms with van der Waals surface area (Å²) in [6, 6.07) is 12.3. The predicted molar refractivity (Wildman–Crippen MR) is 112 cm³/mol. The SMILES string of the molecule is COc1cc(CNc2ccc(Cl)c(C(=O)O)c2)cc(Cl)c1OCc1cccs1. The molecule has 3 rings (SSSR count). The lowest BCUT2D eigenvalue weighted by molar-refractivity contribution is 0.0697. The molecule has 1 aromatic heterocycles. The normalized spacial score (nSPS) is 10.5. The zero-order valence-electron chi connectivity index (χ0n) is 14.9. The third kappa shape index (κ3) is 4.90. The number of rotatable bonds is 8. The Bertz CT molecular complexity index is 977. The van der Waals surface area contributed by atoms with Crippen molar-refractivity contribution in [3.8, 4) is 11.5 Å². The van der Waals surface area contributed by atoms with Gasteiger partial charge in [-0.25, -0.2) is 4.79 Å². The second-order valence-electron chi connectivity index (χ2n) is 5.83. The maximum Gasteiger partial charge on any atom is 0.337 e. The number of thiophene rings is 1. The number of anilines is 1. The summed E-state index contributed by atoms with van der Waals surface area (Å²) in [6.07, 6.45) is 0. The van der Waals surface area contributed by atoms with E-state index in [2.05, 4.69) is 5.32 Å². The topological polar surface area (TPSA) is 67.8 Å². The summed E-state index contributed by atoms with van der Waals surface area (Å²) < 4.78 is 11.3. The standard InChI is InChI=1S/C20H17Cl2NO4S/c1-26-18-8-12(7-17(22)19(18)27-11-14-3-2-6-28-14)10-23-13-4-5-16(21)15(9-13)20(24)25/h2-9,23H,10-11H2,1H3,(H,24,25). The van der Waals surface area contributed by atoms with Crippen LogP contribution in [0.15, 0.2) is 47.8 Å². The third-order valence-corrected chi connectivity index (χ3v) is 5.38. The smallest absolute Gasteiger partial charge is 0.337 e. The number of benzene rings is 2. The summed E-state index contributed by atoms with van der Waals surface area (Å²) in [5.41, 5.74) is 1.53. The molecule has 5 nitrogen and oxygen atoms in total. The summed E-state index contributed by atoms with van der Waals surface area (Å²) in [5, 5.41) is 14.9. The Morgan fingerprint density at radius 1 is 1.18 bits per heavy atom. The molecule has 0 aliphatic carbocycles. The fourth-order valence-corrected chi connectivity index (χ4v) is 3.66. The van der Waals surface area contributed by atoms with Gasteiger partial charge in [-0.1, -0.05) is 29.3 Å². The number of halogens is 2. The molecule has 0 atom stereocenters. The van der Waals surface area contributed by atoms with Crippen molar-refractivity contribution in [1.29, 1.82) is 0 Å². The van der Waals surface area contributed by atoms with Crippen molar-refractivity contribution in [2.24, 2.45) is 0 Å². The number of hydrogen-bond acceptors (Lipinski definition) is 5. The average molecular weight is 438 g/mol. The van der Waals surface area contributed by atoms with Crippen molar-refractivity contribution >= 4 is 46.2 Å². The van der Waals surface area contributed by atoms with E-state index in [4.69, 9.17) is 32.7 Å². The van der Waals surface area contributed by atoms with Gasteiger partial charge in [0.1, 0.15) is 6.61 Å². The number of hydrogen-bond donors (Lipinski definition) is 2. The Hall–Kier alpha value is -2.41. The molecule has 0 radical (unpaired) electrons. The highest BCUT2D eigenvalue weighted by molar-refractivity contribution is 7.09. The molecule has 0 fully saturated rings. The summed E-state index contributed by atoms with van der Waals surface area (Å²) >= 11 is 13.9. The molecule has 0 aliphatic heterocycles. The summed E-state index contributed by atoms with van der Waals surface area (Å²) in [7, 11) is 1.55. The van der Waals surface area contributed by atoms with E-state index in [-0.39, 0.29) is 10.6 Å². The van der Waals surface area contributed by atoms with Crippen LogP contribution in [0.2, 0.25) is 10.0 Å². The van der Waals surface area contributed by atoms with Crippen molar-refractivity contribution in [2.45, 2.75) is 13.2 Å². The molecular weight excluding hydrogens is 421 g/mol. The van der Waals surface area contributed by atoms with Crippen LogP contribution in [0.5, 0.6) is 11.5 Å². The minimum atomic E-state index is -1.08. The van der Waals surface area contributed by atoms with Crippen molar-refractivity contribution in [1.82, 2.24) is 0 Å². The highest BCUT2D eigenvalue weighted by atomic mass is 35.5. The van der Waals surface area contributed by atoms with E-state index in [0.717, 1.165) is 10.4 Å². The number of carbonyl (C=O) groups is 1. The van der Waals surface area contributed by atoms with Crippen molar-refractivity contribution in [3.05, 3.63) is 73.9 Å². The molecule has 0 saturated carbocycles. The van der Waals surface area contributed by atoms with E-state index in [9.17, 15) is 9.90 Å². The van der Waals surface area contributed by atoms with Gasteiger partial charge in [-0.2, -0.15) is 0 Å². The van der Waals surface area contributed by atoms with Crippen molar-refractivity contribution in [3.63, 3.8) is 0 Å². The largest absolute Gasteiger partial charge is 0.493 e. The fourth-order valence-electron chi connectivity index (χ4n) is 2.56. The second kappa shape index (κ2) is 9.19. The van der Waals surface area contributed by atoms with Crippen LogP contribution >= 0.6 is 34.5 Å². The lowest BCUT2D eigenvalue weighted by Gasteiger charge is -2.15. The predicted octanol–water partition coefficient (Wildman–Crippen LogP) is 5.95. The van der Waals surface area contributed by atoms with Crippen LogP contribution in [0.25, 0.3) is 0 Å². The van der Waals surface area contributed by atoms with Gasteiger partial charge in [-0.05, 0) is 47.3 Å². The molecule has 1 heterocycles. The summed E-state index contributed by atoms with van der Waals surface area (Å²) in [6.45, 7) is 0.829. The molecule has 0 spiro atoms. The van der Waals surface area contributed by atoms with E-state index in [0.29, 0.717) is 35.4 Å². The van der Waals surface area contributed by atoms with Crippen LogP contribution in [-0.4, -0.2) is 18.2 Å². The van der Waals surface area contributed by atoms with Crippen LogP contribution in [-0.2, 0) is 13.2 Å². The van der Waals surface area contributed by atoms with Gasteiger partial charge in [0.05, 0.1) is 22.7 Å². The van der Waals surface area contributed by atoms with Gasteiger partial charge in [0, 0.05) is 17.1 Å². The Labute approximate surface area is 176 Å². The second-order valence-corrected chi connectivity index (χ2v) is 7.68. The molecule has 0 saturated heterocycles. The molecule has 0 amide bonds. The quantitative estimate of drug-likeness (QED) is 0.455. The Kier molecular flexibility index (Phi) is 6.67. The van der Waals surface area contributed by atoms with Crippen LogP contribution < -0.4 is 14.8 Å². The Morgan fingerprint density at radius 3 is 2.68 bits per heavy atom. The van der Waals surface area contributed by atoms with Gasteiger partial charge < -0.3 is 19.9 Å². The number of carboxylic acid groups (broad SMARTS) is 1. The summed E-state index contributed by atoms with van der Waals surface area (Å²) in [4.78, 5) is 12.3. The average Bonchev–Trinajstić information content (AvgIpc) is 3.19. The molecule has 2 aromatic carbocycles. The molecule has 2 N–H and O–H groups in total. The van der Waals surface area contributed by atoms with Gasteiger partial charge in [0.2, 0.25) is 0 Å². The highest BCUT2D eigenvalue weighted by Gasteiger charge is 2.13. The van der Waals surface area contributed by atoms with E-state index < -0.39 is 5.97 Å². The van der Waals surface area contributed by atoms with Gasteiger partial charge in [-0.15, -0.1) is 11.3 Å². The maximum absolute atomic E-state index is 11.2. The van der Waals surface area contributed by atoms with Gasteiger partial charge in [0.25, 0.3) is 0 Å². The monoisotopic (exact) mass is 437 g/mol. The number of methoxy groups -OCH3 is 1. The van der Waals surface area contributed by atoms with Gasteiger partial charge in [0.15, 0.2) is 11.5 Å². The Morgan fingerprint density at radius 2 is 2.00 bits per heavy atom. The van der Waals surface area contributed by atoms with E-state index in [1.807, 2.05) is 23.6 Å². The first-order valence-corrected chi connectivity index (χ1v) is 9.90. The van der Waals surface area contributed by atoms with Crippen LogP contribution in [0.1, 0.15) is 20.8 Å². The van der Waals surface area contributed by atoms with Crippen LogP contribution in [0.3, 0.4) is 0 Å². The molecule has 8 heteroatoms. The van der Waals surface area contributed by atoms with Crippen LogP contribution in [0, 0.1) is 0 Å². The number of carboxylic acids is 1. The van der Waals surface area contributed by atoms with Gasteiger partial charge >= 0.3 is 5.97 Å². The van der Waals surface area contributed by atoms with Crippen LogP contribution in [0.4, 0.5) is 5.69 Å². The third-order valence-electron chi connectivity index (χ3n) is 3.92. The van der Waals surface area contributed by atoms with E-state index in [1.165, 1.54) is 6.07 Å². The molecule has 0 bridgehead atoms. The summed E-state index contributed by atoms with van der Waals surface area (Å²) in [5.74, 6) is -0.0604. The van der Waals surface area contributed by atoms with E-state index >= 15 is 0 Å². The molecule has 0 aliphatic rings. The Balaban J connectivity index is 1.73. The molecule has 0 unspecified atom stereocenters. The zero-order valence-corrected chi connectivity index (χ0v) is 17.2. The molecular formula is C20H17Cl2NO4S. The lowest BCUT2D eigenvalue weighted by Crippen LogP contribution is -2.04. The molecule has 28 heavy (non-hydrogen) atoms. The molecule has 146 valence electrons. The maximum atomic E-state index is 11.2. The zero-order chi connectivity index (χ0) is 20.1. The first kappa shape index (κ1) is 20.3. The highest BCUT2D eigenvalue weighted by Crippen LogP contribution is 2.37. The number of ether oxygens (including phenoxy) is 2. The first-order valence-electron chi connectivity index (χ1n) is 8.26. The fraction of sp³-hybridized carbons (Fsp3) is 0.150. The number of nitrogens with one attached hydrogen (secondary N) is 1. The minimum Gasteiger partial charge on any atom is -0.493 e. The first-order chi connectivity index (χ1) is 13.5. The van der Waals surface area contributed by atoms with Crippen molar-refractivity contribution < 1.29 is 19.4 Å². The van der Waals surface area contributed by atoms with Crippen molar-refractivity contribution in [2.75, 3.05) is 12.4 Å². The van der Waals surface area contributed by atoms with E-state index in [1.54, 1.807) is 36.6 Å². The molecule has 3 aromatic rings. The minimum absolute atomic E-state index is 0.0413. The van der Waals surface area contributed by atoms with Gasteiger partial charge in [-0.3, -0.25) is 0 Å².